The van der Waals surface area contributed by atoms with E-state index < -0.39 is 10.1 Å². The molecular weight excluding hydrogens is 336 g/mol. The Labute approximate surface area is 147 Å². The molecule has 0 atom stereocenters. The van der Waals surface area contributed by atoms with E-state index in [1.54, 1.807) is 12.1 Å². The SMILES string of the molecule is CC1=Nc2c(cc(C#Cc3ccc(S(=O)(=O)O)cc3)c[n+]2C)C1(C)C. The molecule has 1 aliphatic rings. The second-order valence-electron chi connectivity index (χ2n) is 6.65. The van der Waals surface area contributed by atoms with Gasteiger partial charge < -0.3 is 0 Å². The lowest BCUT2D eigenvalue weighted by Crippen LogP contribution is -2.31. The Hall–Kier alpha value is -2.49. The lowest BCUT2D eigenvalue weighted by atomic mass is 9.82. The molecule has 1 N–H and O–H groups in total. The molecule has 0 amide bonds. The van der Waals surface area contributed by atoms with E-state index >= 15 is 0 Å². The number of aromatic nitrogens is 1. The quantitative estimate of drug-likeness (QED) is 0.485. The lowest BCUT2D eigenvalue weighted by Gasteiger charge is -2.15. The molecule has 3 rings (SSSR count). The maximum atomic E-state index is 11.1. The van der Waals surface area contributed by atoms with Gasteiger partial charge in [0.25, 0.3) is 10.1 Å². The van der Waals surface area contributed by atoms with Gasteiger partial charge in [-0.25, -0.2) is 4.57 Å². The number of fused-ring (bicyclic) bond motifs is 1. The van der Waals surface area contributed by atoms with Crippen LogP contribution in [0, 0.1) is 11.8 Å². The molecule has 25 heavy (non-hydrogen) atoms. The van der Waals surface area contributed by atoms with E-state index in [1.165, 1.54) is 12.1 Å². The van der Waals surface area contributed by atoms with Gasteiger partial charge in [0, 0.05) is 5.56 Å². The van der Waals surface area contributed by atoms with E-state index in [4.69, 9.17) is 4.55 Å². The van der Waals surface area contributed by atoms with E-state index in [1.807, 2.05) is 24.7 Å². The van der Waals surface area contributed by atoms with Gasteiger partial charge in [-0.2, -0.15) is 8.42 Å². The molecule has 0 saturated heterocycles. The zero-order valence-electron chi connectivity index (χ0n) is 14.5. The highest BCUT2D eigenvalue weighted by atomic mass is 32.2. The molecule has 6 heteroatoms. The maximum absolute atomic E-state index is 11.1. The van der Waals surface area contributed by atoms with Crippen LogP contribution in [0.1, 0.15) is 37.5 Å². The number of hydrogen-bond donors (Lipinski definition) is 1. The number of aliphatic imine (C=N–C) groups is 1. The predicted octanol–water partition coefficient (Wildman–Crippen LogP) is 2.54. The van der Waals surface area contributed by atoms with E-state index in [9.17, 15) is 8.42 Å². The van der Waals surface area contributed by atoms with Crippen molar-refractivity contribution >= 4 is 21.6 Å². The fourth-order valence-corrected chi connectivity index (χ4v) is 3.21. The highest BCUT2D eigenvalue weighted by molar-refractivity contribution is 7.85. The van der Waals surface area contributed by atoms with E-state index in [-0.39, 0.29) is 10.3 Å². The molecule has 2 heterocycles. The molecule has 0 bridgehead atoms. The van der Waals surface area contributed by atoms with Gasteiger partial charge in [-0.15, -0.1) is 0 Å². The van der Waals surface area contributed by atoms with E-state index in [2.05, 4.69) is 36.7 Å². The van der Waals surface area contributed by atoms with E-state index in [0.29, 0.717) is 5.56 Å². The molecule has 128 valence electrons. The Morgan fingerprint density at radius 2 is 1.72 bits per heavy atom. The summed E-state index contributed by atoms with van der Waals surface area (Å²) >= 11 is 0. The van der Waals surface area contributed by atoms with Crippen LogP contribution in [0.3, 0.4) is 0 Å². The number of pyridine rings is 1. The summed E-state index contributed by atoms with van der Waals surface area (Å²) in [5.41, 5.74) is 3.62. The smallest absolute Gasteiger partial charge is 0.282 e. The second kappa shape index (κ2) is 5.80. The first-order valence-corrected chi connectivity index (χ1v) is 9.22. The monoisotopic (exact) mass is 355 g/mol. The third kappa shape index (κ3) is 3.21. The Kier molecular flexibility index (Phi) is 4.02. The van der Waals surface area contributed by atoms with Crippen molar-refractivity contribution in [2.24, 2.45) is 12.0 Å². The average Bonchev–Trinajstić information content (AvgIpc) is 2.76. The Balaban J connectivity index is 1.96. The summed E-state index contributed by atoms with van der Waals surface area (Å²) in [5, 5.41) is 0. The average molecular weight is 355 g/mol. The fraction of sp³-hybridized carbons (Fsp3) is 0.263. The molecule has 2 aromatic rings. The van der Waals surface area contributed by atoms with Crippen molar-refractivity contribution in [2.45, 2.75) is 31.1 Å². The fourth-order valence-electron chi connectivity index (χ4n) is 2.73. The van der Waals surface area contributed by atoms with Gasteiger partial charge in [-0.1, -0.05) is 11.8 Å². The number of rotatable bonds is 1. The molecule has 5 nitrogen and oxygen atoms in total. The van der Waals surface area contributed by atoms with Crippen molar-refractivity contribution in [3.05, 3.63) is 53.2 Å². The summed E-state index contributed by atoms with van der Waals surface area (Å²) in [6.45, 7) is 6.31. The third-order valence-electron chi connectivity index (χ3n) is 4.56. The number of hydrogen-bond acceptors (Lipinski definition) is 3. The summed E-state index contributed by atoms with van der Waals surface area (Å²) in [6, 6.07) is 7.86. The third-order valence-corrected chi connectivity index (χ3v) is 5.43. The molecule has 0 spiro atoms. The minimum atomic E-state index is -4.18. The first kappa shape index (κ1) is 17.3. The zero-order chi connectivity index (χ0) is 18.4. The normalized spacial score (nSPS) is 15.2. The summed E-state index contributed by atoms with van der Waals surface area (Å²) in [4.78, 5) is 4.51. The van der Waals surface area contributed by atoms with Crippen molar-refractivity contribution < 1.29 is 17.5 Å². The van der Waals surface area contributed by atoms with Crippen LogP contribution in [0.2, 0.25) is 0 Å². The van der Waals surface area contributed by atoms with Gasteiger partial charge >= 0.3 is 5.82 Å². The van der Waals surface area contributed by atoms with Crippen LogP contribution < -0.4 is 4.57 Å². The molecule has 1 aliphatic heterocycles. The number of benzene rings is 1. The summed E-state index contributed by atoms with van der Waals surface area (Å²) in [6.07, 6.45) is 1.93. The molecule has 0 unspecified atom stereocenters. The Bertz CT molecular complexity index is 1050. The van der Waals surface area contributed by atoms with Crippen molar-refractivity contribution in [1.29, 1.82) is 0 Å². The predicted molar refractivity (Wildman–Crippen MR) is 95.6 cm³/mol. The first-order valence-electron chi connectivity index (χ1n) is 7.78. The second-order valence-corrected chi connectivity index (χ2v) is 8.07. The summed E-state index contributed by atoms with van der Waals surface area (Å²) < 4.78 is 33.1. The van der Waals surface area contributed by atoms with Crippen molar-refractivity contribution in [2.75, 3.05) is 0 Å². The van der Waals surface area contributed by atoms with Gasteiger partial charge in [0.05, 0.1) is 28.5 Å². The highest BCUT2D eigenvalue weighted by Crippen LogP contribution is 2.37. The topological polar surface area (TPSA) is 70.6 Å². The maximum Gasteiger partial charge on any atom is 0.326 e. The standard InChI is InChI=1S/C19H18N2O3S/c1-13-19(2,3)17-11-15(12-21(4)18(17)20-13)6-5-14-7-9-16(10-8-14)25(22,23)24/h7-12H,1-4H3/p+1. The van der Waals surface area contributed by atoms with Crippen LogP contribution in [0.5, 0.6) is 0 Å². The molecule has 0 radical (unpaired) electrons. The minimum Gasteiger partial charge on any atom is -0.282 e. The molecule has 1 aromatic heterocycles. The summed E-state index contributed by atoms with van der Waals surface area (Å²) in [7, 11) is -2.23. The number of aryl methyl sites for hydroxylation is 1. The van der Waals surface area contributed by atoms with Gasteiger partial charge in [0.2, 0.25) is 0 Å². The largest absolute Gasteiger partial charge is 0.326 e. The lowest BCUT2D eigenvalue weighted by molar-refractivity contribution is -0.658. The Morgan fingerprint density at radius 3 is 2.32 bits per heavy atom. The van der Waals surface area contributed by atoms with E-state index in [0.717, 1.165) is 22.7 Å². The number of nitrogens with zero attached hydrogens (tertiary/aromatic N) is 2. The van der Waals surface area contributed by atoms with Gasteiger partial charge in [0.1, 0.15) is 11.9 Å². The van der Waals surface area contributed by atoms with Gasteiger partial charge in [-0.3, -0.25) is 4.55 Å². The van der Waals surface area contributed by atoms with Crippen molar-refractivity contribution in [1.82, 2.24) is 0 Å². The highest BCUT2D eigenvalue weighted by Gasteiger charge is 2.40. The van der Waals surface area contributed by atoms with Crippen LogP contribution in [0.4, 0.5) is 5.82 Å². The van der Waals surface area contributed by atoms with Crippen molar-refractivity contribution in [3.8, 4) is 11.8 Å². The molecular formula is C19H19N2O3S+. The molecule has 0 saturated carbocycles. The first-order chi connectivity index (χ1) is 11.6. The van der Waals surface area contributed by atoms with Crippen LogP contribution in [-0.2, 0) is 22.6 Å². The van der Waals surface area contributed by atoms with Crippen LogP contribution in [0.15, 0.2) is 46.4 Å². The Morgan fingerprint density at radius 1 is 1.12 bits per heavy atom. The summed E-state index contributed by atoms with van der Waals surface area (Å²) in [5.74, 6) is 7.08. The van der Waals surface area contributed by atoms with Crippen LogP contribution in [-0.4, -0.2) is 18.7 Å². The molecule has 0 aliphatic carbocycles. The van der Waals surface area contributed by atoms with Gasteiger partial charge in [0.15, 0.2) is 0 Å². The zero-order valence-corrected chi connectivity index (χ0v) is 15.3. The molecule has 1 aromatic carbocycles. The van der Waals surface area contributed by atoms with Crippen LogP contribution >= 0.6 is 0 Å². The van der Waals surface area contributed by atoms with Gasteiger partial charge in [-0.05, 0) is 56.1 Å². The van der Waals surface area contributed by atoms with Crippen LogP contribution in [0.25, 0.3) is 0 Å². The van der Waals surface area contributed by atoms with Crippen molar-refractivity contribution in [3.63, 3.8) is 0 Å². The minimum absolute atomic E-state index is 0.123. The molecule has 0 fully saturated rings.